The van der Waals surface area contributed by atoms with Gasteiger partial charge < -0.3 is 19.5 Å². The fourth-order valence-electron chi connectivity index (χ4n) is 4.10. The van der Waals surface area contributed by atoms with Crippen LogP contribution >= 0.6 is 0 Å². The smallest absolute Gasteiger partial charge is 0.408 e. The quantitative estimate of drug-likeness (QED) is 0.549. The maximum atomic E-state index is 12.5. The Morgan fingerprint density at radius 3 is 2.38 bits per heavy atom. The van der Waals surface area contributed by atoms with Gasteiger partial charge in [0.15, 0.2) is 18.8 Å². The van der Waals surface area contributed by atoms with Gasteiger partial charge in [-0.1, -0.05) is 30.3 Å². The molecule has 1 fully saturated rings. The van der Waals surface area contributed by atoms with Crippen molar-refractivity contribution in [3.05, 3.63) is 64.1 Å². The molecule has 0 atom stereocenters. The lowest BCUT2D eigenvalue weighted by Gasteiger charge is -2.29. The molecule has 0 spiro atoms. The molecule has 1 aromatic heterocycles. The minimum Gasteiger partial charge on any atom is -0.408 e. The molecular weight excluding hydrogens is 368 g/mol. The number of rotatable bonds is 5. The summed E-state index contributed by atoms with van der Waals surface area (Å²) in [6, 6.07) is 13.5. The number of hydrogen-bond donors (Lipinski definition) is 3. The molecule has 0 radical (unpaired) electrons. The highest BCUT2D eigenvalue weighted by atomic mass is 16.4. The van der Waals surface area contributed by atoms with Crippen molar-refractivity contribution in [1.29, 1.82) is 0 Å². The summed E-state index contributed by atoms with van der Waals surface area (Å²) >= 11 is 0. The highest BCUT2D eigenvalue weighted by Gasteiger charge is 2.26. The fourth-order valence-corrected chi connectivity index (χ4v) is 4.10. The Morgan fingerprint density at radius 1 is 1.00 bits per heavy atom. The van der Waals surface area contributed by atoms with Crippen molar-refractivity contribution in [2.75, 3.05) is 38.0 Å². The number of carbonyl (C=O) groups excluding carboxylic acids is 1. The molecule has 3 aromatic rings. The number of fused-ring (bicyclic) bond motifs is 1. The number of piperazine rings is 1. The van der Waals surface area contributed by atoms with Gasteiger partial charge in [-0.3, -0.25) is 4.79 Å². The highest BCUT2D eigenvalue weighted by Crippen LogP contribution is 2.18. The minimum absolute atomic E-state index is 0.0536. The van der Waals surface area contributed by atoms with Gasteiger partial charge in [0.1, 0.15) is 26.2 Å². The van der Waals surface area contributed by atoms with Gasteiger partial charge in [-0.05, 0) is 37.1 Å². The molecule has 0 bridgehead atoms. The topological polar surface area (TPSA) is 73.1 Å². The first kappa shape index (κ1) is 19.4. The van der Waals surface area contributed by atoms with Gasteiger partial charge >= 0.3 is 5.76 Å². The summed E-state index contributed by atoms with van der Waals surface area (Å²) in [5.74, 6) is -0.251. The third-order valence-corrected chi connectivity index (χ3v) is 5.78. The van der Waals surface area contributed by atoms with Crippen molar-refractivity contribution in [1.82, 2.24) is 4.57 Å². The van der Waals surface area contributed by atoms with Crippen LogP contribution in [0.15, 0.2) is 51.7 Å². The van der Waals surface area contributed by atoms with Gasteiger partial charge in [0, 0.05) is 5.69 Å². The van der Waals surface area contributed by atoms with Gasteiger partial charge in [-0.25, -0.2) is 9.36 Å². The first-order chi connectivity index (χ1) is 14.0. The molecule has 0 saturated carbocycles. The maximum absolute atomic E-state index is 12.5. The van der Waals surface area contributed by atoms with E-state index in [4.69, 9.17) is 4.42 Å². The predicted octanol–water partition coefficient (Wildman–Crippen LogP) is -0.409. The number of carbonyl (C=O) groups is 1. The summed E-state index contributed by atoms with van der Waals surface area (Å²) in [6.07, 6.45) is 0. The van der Waals surface area contributed by atoms with Crippen molar-refractivity contribution in [3.63, 3.8) is 0 Å². The number of nitrogens with one attached hydrogen (secondary N) is 3. The highest BCUT2D eigenvalue weighted by molar-refractivity contribution is 5.93. The van der Waals surface area contributed by atoms with Crippen LogP contribution in [-0.2, 0) is 11.5 Å². The van der Waals surface area contributed by atoms with Crippen LogP contribution in [-0.4, -0.2) is 43.2 Å². The van der Waals surface area contributed by atoms with Crippen LogP contribution < -0.4 is 20.9 Å². The lowest BCUT2D eigenvalue weighted by molar-refractivity contribution is -1.02. The van der Waals surface area contributed by atoms with E-state index in [1.807, 2.05) is 56.3 Å². The van der Waals surface area contributed by atoms with Gasteiger partial charge in [0.25, 0.3) is 5.91 Å². The number of oxazole rings is 1. The van der Waals surface area contributed by atoms with E-state index >= 15 is 0 Å². The second kappa shape index (κ2) is 8.23. The number of aromatic nitrogens is 1. The average molecular weight is 396 g/mol. The Balaban J connectivity index is 1.32. The monoisotopic (exact) mass is 396 g/mol. The number of anilines is 1. The Kier molecular flexibility index (Phi) is 5.51. The van der Waals surface area contributed by atoms with E-state index in [1.54, 1.807) is 4.57 Å². The molecule has 1 aliphatic heterocycles. The predicted molar refractivity (Wildman–Crippen MR) is 111 cm³/mol. The van der Waals surface area contributed by atoms with Crippen molar-refractivity contribution < 1.29 is 19.0 Å². The zero-order valence-electron chi connectivity index (χ0n) is 17.0. The summed E-state index contributed by atoms with van der Waals surface area (Å²) in [7, 11) is 0. The standard InChI is InChI=1S/C22H26N4O3/c1-16-6-5-7-17(2)21(16)23-20(27)14-24-10-12-25(13-11-24)15-26-18-8-3-4-9-19(18)29-22(26)28/h3-9H,10-15H2,1-2H3,(H,23,27)/p+2. The number of amides is 1. The van der Waals surface area contributed by atoms with Crippen molar-refractivity contribution in [3.8, 4) is 0 Å². The fraction of sp³-hybridized carbons (Fsp3) is 0.364. The van der Waals surface area contributed by atoms with Crippen molar-refractivity contribution >= 4 is 22.7 Å². The van der Waals surface area contributed by atoms with Crippen molar-refractivity contribution in [2.24, 2.45) is 0 Å². The maximum Gasteiger partial charge on any atom is 0.424 e. The third kappa shape index (κ3) is 4.26. The number of aryl methyl sites for hydroxylation is 2. The number of hydrogen-bond acceptors (Lipinski definition) is 3. The Bertz CT molecular complexity index is 1060. The zero-order valence-corrected chi connectivity index (χ0v) is 17.0. The number of quaternary nitrogens is 2. The molecule has 3 N–H and O–H groups in total. The van der Waals surface area contributed by atoms with Crippen LogP contribution in [0.3, 0.4) is 0 Å². The lowest BCUT2D eigenvalue weighted by Crippen LogP contribution is -3.28. The lowest BCUT2D eigenvalue weighted by atomic mass is 10.1. The Morgan fingerprint density at radius 2 is 1.66 bits per heavy atom. The first-order valence-corrected chi connectivity index (χ1v) is 10.1. The summed E-state index contributed by atoms with van der Waals surface area (Å²) in [5, 5.41) is 3.08. The van der Waals surface area contributed by atoms with Crippen LogP contribution in [0.4, 0.5) is 5.69 Å². The Hall–Kier alpha value is -2.90. The summed E-state index contributed by atoms with van der Waals surface area (Å²) in [5.41, 5.74) is 4.56. The van der Waals surface area contributed by atoms with Crippen molar-refractivity contribution in [2.45, 2.75) is 20.5 Å². The summed E-state index contributed by atoms with van der Waals surface area (Å²) in [4.78, 5) is 27.3. The zero-order chi connectivity index (χ0) is 20.4. The van der Waals surface area contributed by atoms with E-state index in [-0.39, 0.29) is 11.7 Å². The van der Waals surface area contributed by atoms with Crippen LogP contribution in [0.2, 0.25) is 0 Å². The molecule has 0 unspecified atom stereocenters. The van der Waals surface area contributed by atoms with Crippen LogP contribution in [0.25, 0.3) is 11.1 Å². The van der Waals surface area contributed by atoms with Crippen LogP contribution in [0.1, 0.15) is 11.1 Å². The molecule has 7 heteroatoms. The molecular formula is C22H28N4O3+2. The van der Waals surface area contributed by atoms with E-state index in [9.17, 15) is 9.59 Å². The second-order valence-corrected chi connectivity index (χ2v) is 7.91. The third-order valence-electron chi connectivity index (χ3n) is 5.78. The second-order valence-electron chi connectivity index (χ2n) is 7.91. The molecule has 2 heterocycles. The summed E-state index contributed by atoms with van der Waals surface area (Å²) in [6.45, 7) is 8.72. The van der Waals surface area contributed by atoms with Crippen LogP contribution in [0.5, 0.6) is 0 Å². The van der Waals surface area contributed by atoms with E-state index in [2.05, 4.69) is 5.32 Å². The summed E-state index contributed by atoms with van der Waals surface area (Å²) < 4.78 is 7.04. The Labute approximate surface area is 169 Å². The molecule has 0 aliphatic carbocycles. The molecule has 2 aromatic carbocycles. The van der Waals surface area contributed by atoms with Gasteiger partial charge in [-0.2, -0.15) is 0 Å². The van der Waals surface area contributed by atoms with E-state index in [1.165, 1.54) is 9.80 Å². The van der Waals surface area contributed by atoms with E-state index in [0.29, 0.717) is 18.8 Å². The molecule has 152 valence electrons. The first-order valence-electron chi connectivity index (χ1n) is 10.1. The molecule has 7 nitrogen and oxygen atoms in total. The van der Waals surface area contributed by atoms with Gasteiger partial charge in [0.05, 0.1) is 5.52 Å². The van der Waals surface area contributed by atoms with E-state index < -0.39 is 0 Å². The number of nitrogens with zero attached hydrogens (tertiary/aromatic N) is 1. The average Bonchev–Trinajstić information content (AvgIpc) is 3.02. The largest absolute Gasteiger partial charge is 0.424 e. The normalized spacial score (nSPS) is 19.4. The number of para-hydroxylation sites is 3. The minimum atomic E-state index is -0.304. The molecule has 4 rings (SSSR count). The van der Waals surface area contributed by atoms with Gasteiger partial charge in [0.2, 0.25) is 0 Å². The molecule has 29 heavy (non-hydrogen) atoms. The number of benzene rings is 2. The molecule has 1 amide bonds. The van der Waals surface area contributed by atoms with E-state index in [0.717, 1.165) is 48.5 Å². The molecule has 1 saturated heterocycles. The molecule has 1 aliphatic rings. The van der Waals surface area contributed by atoms with Gasteiger partial charge in [-0.15, -0.1) is 0 Å². The SMILES string of the molecule is Cc1cccc(C)c1NC(=O)C[NH+]1CC[NH+](Cn2c(=O)oc3ccccc32)CC1. The van der Waals surface area contributed by atoms with Crippen LogP contribution in [0, 0.1) is 13.8 Å².